The van der Waals surface area contributed by atoms with Crippen molar-refractivity contribution in [3.8, 4) is 28.5 Å². The van der Waals surface area contributed by atoms with Crippen LogP contribution in [0.3, 0.4) is 0 Å². The van der Waals surface area contributed by atoms with E-state index < -0.39 is 0 Å². The van der Waals surface area contributed by atoms with Crippen LogP contribution in [0.25, 0.3) is 99.3 Å². The van der Waals surface area contributed by atoms with Gasteiger partial charge in [-0.05, 0) is 82.9 Å². The third kappa shape index (κ3) is 6.54. The summed E-state index contributed by atoms with van der Waals surface area (Å²) in [4.78, 5) is 15.4. The predicted octanol–water partition coefficient (Wildman–Crippen LogP) is 14.3. The molecule has 3 aromatic heterocycles. The molecular weight excluding hydrogens is 737 g/mol. The highest BCUT2D eigenvalue weighted by molar-refractivity contribution is 6.23. The van der Waals surface area contributed by atoms with Crippen LogP contribution in [0.1, 0.15) is 19.7 Å². The SMILES string of the molecule is C=C(O)/C=C\C=C/C(C)/C=C(\C=C/C)c1nc(-c2ccccc2)nc(-c2cccc3oc4ccc(-n5c6cc7ccccc7cc6c6c7ccccc7ccc65)cc4c23)n1. The number of aliphatic hydroxyl groups is 1. The second-order valence-corrected chi connectivity index (χ2v) is 15.1. The Labute approximate surface area is 347 Å². The van der Waals surface area contributed by atoms with Gasteiger partial charge < -0.3 is 14.1 Å². The first kappa shape index (κ1) is 36.5. The molecule has 10 aromatic rings. The maximum atomic E-state index is 9.46. The molecule has 0 spiro atoms. The molecule has 0 bridgehead atoms. The van der Waals surface area contributed by atoms with Crippen molar-refractivity contribution >= 4 is 70.9 Å². The summed E-state index contributed by atoms with van der Waals surface area (Å²) in [5, 5.41) is 18.7. The van der Waals surface area contributed by atoms with Crippen molar-refractivity contribution in [2.24, 2.45) is 5.92 Å². The molecule has 1 N–H and O–H groups in total. The van der Waals surface area contributed by atoms with E-state index in [4.69, 9.17) is 19.4 Å². The lowest BCUT2D eigenvalue weighted by molar-refractivity contribution is 0.435. The topological polar surface area (TPSA) is 77.0 Å². The van der Waals surface area contributed by atoms with Gasteiger partial charge in [-0.15, -0.1) is 0 Å². The molecule has 3 heterocycles. The van der Waals surface area contributed by atoms with Gasteiger partial charge in [-0.25, -0.2) is 15.0 Å². The summed E-state index contributed by atoms with van der Waals surface area (Å²) < 4.78 is 8.97. The zero-order valence-electron chi connectivity index (χ0n) is 33.2. The number of rotatable bonds is 9. The van der Waals surface area contributed by atoms with Gasteiger partial charge in [0.25, 0.3) is 0 Å². The number of aliphatic hydroxyl groups excluding tert-OH is 1. The van der Waals surface area contributed by atoms with E-state index in [2.05, 4.69) is 121 Å². The van der Waals surface area contributed by atoms with Gasteiger partial charge in [0.1, 0.15) is 16.9 Å². The Kier molecular flexibility index (Phi) is 9.22. The Balaban J connectivity index is 1.19. The van der Waals surface area contributed by atoms with Gasteiger partial charge >= 0.3 is 0 Å². The quantitative estimate of drug-likeness (QED) is 0.117. The third-order valence-corrected chi connectivity index (χ3v) is 11.0. The van der Waals surface area contributed by atoms with Crippen LogP contribution >= 0.6 is 0 Å². The lowest BCUT2D eigenvalue weighted by Gasteiger charge is -2.11. The lowest BCUT2D eigenvalue weighted by atomic mass is 10.0. The molecule has 1 atom stereocenters. The van der Waals surface area contributed by atoms with Crippen molar-refractivity contribution in [3.05, 3.63) is 200 Å². The largest absolute Gasteiger partial charge is 0.509 e. The molecule has 0 fully saturated rings. The van der Waals surface area contributed by atoms with E-state index >= 15 is 0 Å². The summed E-state index contributed by atoms with van der Waals surface area (Å²) in [6, 6.07) is 48.9. The third-order valence-electron chi connectivity index (χ3n) is 11.0. The Hall–Kier alpha value is -7.83. The Morgan fingerprint density at radius 3 is 2.23 bits per heavy atom. The van der Waals surface area contributed by atoms with Gasteiger partial charge in [0.2, 0.25) is 0 Å². The van der Waals surface area contributed by atoms with E-state index in [1.807, 2.05) is 73.7 Å². The summed E-state index contributed by atoms with van der Waals surface area (Å²) in [5.41, 5.74) is 7.46. The van der Waals surface area contributed by atoms with Crippen molar-refractivity contribution in [1.82, 2.24) is 19.5 Å². The Bertz CT molecular complexity index is 3440. The number of hydrogen-bond donors (Lipinski definition) is 1. The number of benzene rings is 7. The van der Waals surface area contributed by atoms with E-state index in [-0.39, 0.29) is 11.7 Å². The van der Waals surface area contributed by atoms with Crippen LogP contribution in [-0.4, -0.2) is 24.6 Å². The van der Waals surface area contributed by atoms with E-state index in [1.54, 1.807) is 12.2 Å². The molecule has 0 saturated heterocycles. The average molecular weight is 777 g/mol. The number of nitrogens with zero attached hydrogens (tertiary/aromatic N) is 4. The number of furan rings is 1. The van der Waals surface area contributed by atoms with Crippen molar-refractivity contribution in [3.63, 3.8) is 0 Å². The summed E-state index contributed by atoms with van der Waals surface area (Å²) in [6.45, 7) is 7.61. The first-order chi connectivity index (χ1) is 29.4. The van der Waals surface area contributed by atoms with Crippen molar-refractivity contribution in [1.29, 1.82) is 0 Å². The second kappa shape index (κ2) is 15.2. The maximum Gasteiger partial charge on any atom is 0.164 e. The number of allylic oxidation sites excluding steroid dienone is 8. The fourth-order valence-electron chi connectivity index (χ4n) is 8.36. The zero-order chi connectivity index (χ0) is 40.7. The average Bonchev–Trinajstić information content (AvgIpc) is 3.82. The summed E-state index contributed by atoms with van der Waals surface area (Å²) >= 11 is 0. The fourth-order valence-corrected chi connectivity index (χ4v) is 8.36. The van der Waals surface area contributed by atoms with Crippen LogP contribution < -0.4 is 0 Å². The van der Waals surface area contributed by atoms with E-state index in [9.17, 15) is 5.11 Å². The molecule has 0 aliphatic rings. The van der Waals surface area contributed by atoms with E-state index in [0.29, 0.717) is 17.5 Å². The minimum absolute atomic E-state index is 0.00873. The molecule has 7 aromatic carbocycles. The normalized spacial score (nSPS) is 13.1. The highest BCUT2D eigenvalue weighted by Gasteiger charge is 2.21. The molecule has 6 nitrogen and oxygen atoms in total. The summed E-state index contributed by atoms with van der Waals surface area (Å²) in [7, 11) is 0. The minimum atomic E-state index is 0.00873. The smallest absolute Gasteiger partial charge is 0.164 e. The van der Waals surface area contributed by atoms with Crippen molar-refractivity contribution in [2.45, 2.75) is 13.8 Å². The molecule has 288 valence electrons. The van der Waals surface area contributed by atoms with E-state index in [1.165, 1.54) is 32.3 Å². The van der Waals surface area contributed by atoms with Gasteiger partial charge in [-0.1, -0.05) is 147 Å². The van der Waals surface area contributed by atoms with Crippen LogP contribution in [0.15, 0.2) is 199 Å². The number of fused-ring (bicyclic) bond motifs is 9. The van der Waals surface area contributed by atoms with Crippen molar-refractivity contribution < 1.29 is 9.52 Å². The molecule has 0 aliphatic carbocycles. The molecule has 0 amide bonds. The Morgan fingerprint density at radius 2 is 1.42 bits per heavy atom. The zero-order valence-corrected chi connectivity index (χ0v) is 33.2. The molecule has 0 aliphatic heterocycles. The van der Waals surface area contributed by atoms with Crippen LogP contribution in [0.4, 0.5) is 0 Å². The van der Waals surface area contributed by atoms with Gasteiger partial charge in [-0.3, -0.25) is 0 Å². The molecule has 0 radical (unpaired) electrons. The van der Waals surface area contributed by atoms with Crippen molar-refractivity contribution in [2.75, 3.05) is 0 Å². The highest BCUT2D eigenvalue weighted by atomic mass is 16.3. The minimum Gasteiger partial charge on any atom is -0.509 e. The van der Waals surface area contributed by atoms with Crippen LogP contribution in [-0.2, 0) is 0 Å². The first-order valence-corrected chi connectivity index (χ1v) is 20.1. The van der Waals surface area contributed by atoms with Gasteiger partial charge in [0.05, 0.1) is 11.0 Å². The van der Waals surface area contributed by atoms with Gasteiger partial charge in [0, 0.05) is 43.9 Å². The van der Waals surface area contributed by atoms with Crippen LogP contribution in [0.2, 0.25) is 0 Å². The lowest BCUT2D eigenvalue weighted by Crippen LogP contribution is -2.03. The first-order valence-electron chi connectivity index (χ1n) is 20.1. The standard InChI is InChI=1S/C54H40N4O2/c1-4-15-40(30-34(2)16-8-9-17-35(3)59)53-55-52(37-19-6-5-7-20-37)56-54(57-53)43-24-14-25-49-51(43)45-33-41(27-29-48(45)60-49)58-46-28-26-36-18-12-13-23-42(36)50(46)44-31-38-21-10-11-22-39(38)32-47(44)58/h4-34,59H,3H2,1-2H3/b15-4-,16-8-,17-9-,40-30+. The van der Waals surface area contributed by atoms with Crippen LogP contribution in [0.5, 0.6) is 0 Å². The second-order valence-electron chi connectivity index (χ2n) is 15.1. The number of hydrogen-bond acceptors (Lipinski definition) is 5. The number of aromatic nitrogens is 4. The predicted molar refractivity (Wildman–Crippen MR) is 249 cm³/mol. The highest BCUT2D eigenvalue weighted by Crippen LogP contribution is 2.41. The molecule has 1 unspecified atom stereocenters. The summed E-state index contributed by atoms with van der Waals surface area (Å²) in [5.74, 6) is 1.73. The van der Waals surface area contributed by atoms with Crippen LogP contribution in [0, 0.1) is 5.92 Å². The molecular formula is C54H40N4O2. The maximum absolute atomic E-state index is 9.46. The molecule has 6 heteroatoms. The van der Waals surface area contributed by atoms with E-state index in [0.717, 1.165) is 55.4 Å². The Morgan fingerprint density at radius 1 is 0.650 bits per heavy atom. The molecule has 10 rings (SSSR count). The van der Waals surface area contributed by atoms with Gasteiger partial charge in [0.15, 0.2) is 17.5 Å². The monoisotopic (exact) mass is 776 g/mol. The molecule has 0 saturated carbocycles. The van der Waals surface area contributed by atoms with Gasteiger partial charge in [-0.2, -0.15) is 0 Å². The summed E-state index contributed by atoms with van der Waals surface area (Å²) in [6.07, 6.45) is 13.4. The fraction of sp³-hybridized carbons (Fsp3) is 0.0556. The molecule has 60 heavy (non-hydrogen) atoms.